The number of hydrogen-bond donors (Lipinski definition) is 2. The Labute approximate surface area is 214 Å². The van der Waals surface area contributed by atoms with Gasteiger partial charge in [-0.25, -0.2) is 0 Å². The Morgan fingerprint density at radius 3 is 2.59 bits per heavy atom. The first kappa shape index (κ1) is 23.7. The van der Waals surface area contributed by atoms with E-state index >= 15 is 0 Å². The number of nitrogens with one attached hydrogen (secondary N) is 1. The Morgan fingerprint density at radius 2 is 1.97 bits per heavy atom. The maximum Gasteiger partial charge on any atom is 1.00 e. The number of anilines is 1. The fourth-order valence-electron chi connectivity index (χ4n) is 2.66. The molecule has 0 unspecified atom stereocenters. The predicted octanol–water partition coefficient (Wildman–Crippen LogP) is -0.539. The van der Waals surface area contributed by atoms with E-state index in [1.165, 1.54) is 24.5 Å². The summed E-state index contributed by atoms with van der Waals surface area (Å²) in [7, 11) is 0. The molecule has 3 rings (SSSR count). The van der Waals surface area contributed by atoms with Crippen LogP contribution in [0.2, 0.25) is 5.02 Å². The molecule has 1 amide bonds. The average Bonchev–Trinajstić information content (AvgIpc) is 3.24. The van der Waals surface area contributed by atoms with Crippen molar-refractivity contribution in [1.82, 2.24) is 9.72 Å². The molecule has 2 N–H and O–H groups in total. The number of benzene rings is 1. The summed E-state index contributed by atoms with van der Waals surface area (Å²) < 4.78 is 6.87. The van der Waals surface area contributed by atoms with Crippen molar-refractivity contribution in [1.29, 1.82) is 0 Å². The minimum atomic E-state index is -1.36. The third kappa shape index (κ3) is 5.71. The monoisotopic (exact) mass is 441 g/mol. The number of carboxylic acids is 1. The number of aryl methyl sites for hydroxylation is 2. The average molecular weight is 442 g/mol. The largest absolute Gasteiger partial charge is 1.00 e. The summed E-state index contributed by atoms with van der Waals surface area (Å²) in [4.78, 5) is 23.4. The fraction of sp³-hybridized carbons (Fsp3) is 0.211. The van der Waals surface area contributed by atoms with Gasteiger partial charge in [0.25, 0.3) is 0 Å². The van der Waals surface area contributed by atoms with Crippen LogP contribution < -0.4 is 61.8 Å². The van der Waals surface area contributed by atoms with Crippen LogP contribution in [0.25, 0.3) is 11.3 Å². The summed E-state index contributed by atoms with van der Waals surface area (Å²) in [5.74, 6) is -1.30. The second-order valence-corrected chi connectivity index (χ2v) is 6.44. The molecular weight excluding hydrogens is 425 g/mol. The van der Waals surface area contributed by atoms with Gasteiger partial charge in [-0.3, -0.25) is 4.79 Å². The normalized spacial score (nSPS) is 10.4. The second kappa shape index (κ2) is 10.4. The number of aromatic hydroxyl groups is 1. The molecule has 0 atom stereocenters. The fourth-order valence-corrected chi connectivity index (χ4v) is 2.93. The number of aromatic carboxylic acids is 1. The van der Waals surface area contributed by atoms with E-state index < -0.39 is 11.9 Å². The second-order valence-electron chi connectivity index (χ2n) is 6.07. The van der Waals surface area contributed by atoms with E-state index in [1.807, 2.05) is 6.92 Å². The minimum absolute atomic E-state index is 0. The molecule has 0 spiro atoms. The Hall–Kier alpha value is -1.62. The molecule has 10 heteroatoms. The van der Waals surface area contributed by atoms with Crippen LogP contribution in [0.1, 0.15) is 29.5 Å². The summed E-state index contributed by atoms with van der Waals surface area (Å²) in [6, 6.07) is 6.31. The molecule has 1 aromatic carbocycles. The molecule has 0 aliphatic carbocycles. The van der Waals surface area contributed by atoms with E-state index in [2.05, 4.69) is 10.5 Å². The molecule has 0 saturated carbocycles. The van der Waals surface area contributed by atoms with E-state index in [1.54, 1.807) is 16.7 Å². The molecular formula is C19H17ClKN3O5. The first-order chi connectivity index (χ1) is 13.4. The van der Waals surface area contributed by atoms with Crippen LogP contribution in [0.3, 0.4) is 0 Å². The molecule has 0 saturated heterocycles. The van der Waals surface area contributed by atoms with E-state index in [0.29, 0.717) is 23.6 Å². The zero-order chi connectivity index (χ0) is 20.3. The number of phenols is 1. The van der Waals surface area contributed by atoms with Gasteiger partial charge in [-0.1, -0.05) is 16.8 Å². The van der Waals surface area contributed by atoms with Crippen molar-refractivity contribution in [3.8, 4) is 17.0 Å². The van der Waals surface area contributed by atoms with Crippen molar-refractivity contribution in [2.45, 2.75) is 26.3 Å². The number of carbonyl (C=O) groups excluding carboxylic acids is 2. The number of halogens is 1. The predicted molar refractivity (Wildman–Crippen MR) is 100 cm³/mol. The molecule has 8 nitrogen and oxygen atoms in total. The Balaban J connectivity index is 0.00000300. The Bertz CT molecular complexity index is 1010. The van der Waals surface area contributed by atoms with Gasteiger partial charge in [0, 0.05) is 42.9 Å². The summed E-state index contributed by atoms with van der Waals surface area (Å²) >= 11 is 6.29. The number of carboxylic acid groups (broad SMARTS) is 1. The maximum atomic E-state index is 12.2. The number of carbonyl (C=O) groups is 2. The smallest absolute Gasteiger partial charge is 0.545 e. The molecule has 29 heavy (non-hydrogen) atoms. The molecule has 2 heterocycles. The molecule has 0 fully saturated rings. The van der Waals surface area contributed by atoms with Gasteiger partial charge in [-0.15, -0.1) is 0 Å². The third-order valence-electron chi connectivity index (χ3n) is 4.16. The molecule has 3 aromatic rings. The van der Waals surface area contributed by atoms with Crippen LogP contribution in [-0.4, -0.2) is 26.7 Å². The van der Waals surface area contributed by atoms with Crippen LogP contribution in [-0.2, 0) is 17.8 Å². The van der Waals surface area contributed by atoms with Crippen molar-refractivity contribution in [2.24, 2.45) is 0 Å². The molecule has 2 aromatic heterocycles. The van der Waals surface area contributed by atoms with Crippen molar-refractivity contribution >= 4 is 29.2 Å². The van der Waals surface area contributed by atoms with Gasteiger partial charge >= 0.3 is 51.4 Å². The van der Waals surface area contributed by atoms with Crippen molar-refractivity contribution < 1.29 is 75.7 Å². The SMILES string of the molecule is CCn1cc(NC(=O)CCc2onc(-c3ccc(O)cc3)c2Cl)c(C(=O)[O-])c1.[K+]. The number of hydrogen-bond acceptors (Lipinski definition) is 6. The van der Waals surface area contributed by atoms with Gasteiger partial charge in [0.05, 0.1) is 11.7 Å². The van der Waals surface area contributed by atoms with Gasteiger partial charge in [0.15, 0.2) is 5.76 Å². The van der Waals surface area contributed by atoms with E-state index in [0.717, 1.165) is 0 Å². The topological polar surface area (TPSA) is 120 Å². The number of aromatic nitrogens is 2. The Morgan fingerprint density at radius 1 is 1.28 bits per heavy atom. The van der Waals surface area contributed by atoms with Crippen LogP contribution in [0.15, 0.2) is 41.2 Å². The standard InChI is InChI=1S/C19H18ClN3O5.K/c1-2-23-9-13(19(26)27)14(10-23)21-16(25)8-7-15-17(20)18(22-28-15)11-3-5-12(24)6-4-11;/h3-6,9-10,24H,2,7-8H2,1H3,(H,21,25)(H,26,27);/q;+1/p-1. The van der Waals surface area contributed by atoms with Gasteiger partial charge in [-0.2, -0.15) is 0 Å². The van der Waals surface area contributed by atoms with Crippen molar-refractivity contribution in [3.63, 3.8) is 0 Å². The zero-order valence-electron chi connectivity index (χ0n) is 15.9. The molecule has 0 aliphatic rings. The quantitative estimate of drug-likeness (QED) is 0.475. The third-order valence-corrected chi connectivity index (χ3v) is 4.55. The van der Waals surface area contributed by atoms with Crippen LogP contribution in [0, 0.1) is 0 Å². The summed E-state index contributed by atoms with van der Waals surface area (Å²) in [6.07, 6.45) is 3.15. The van der Waals surface area contributed by atoms with Crippen LogP contribution in [0.5, 0.6) is 5.75 Å². The van der Waals surface area contributed by atoms with Gasteiger partial charge in [0.1, 0.15) is 16.5 Å². The van der Waals surface area contributed by atoms with E-state index in [-0.39, 0.29) is 86.2 Å². The first-order valence-electron chi connectivity index (χ1n) is 8.53. The van der Waals surface area contributed by atoms with Crippen molar-refractivity contribution in [3.05, 3.63) is 53.0 Å². The van der Waals surface area contributed by atoms with Gasteiger partial charge in [0.2, 0.25) is 5.91 Å². The number of nitrogens with zero attached hydrogens (tertiary/aromatic N) is 2. The maximum absolute atomic E-state index is 12.2. The Kier molecular flexibility index (Phi) is 8.50. The van der Waals surface area contributed by atoms with Crippen LogP contribution >= 0.6 is 11.6 Å². The van der Waals surface area contributed by atoms with Gasteiger partial charge < -0.3 is 29.4 Å². The molecule has 0 bridgehead atoms. The van der Waals surface area contributed by atoms with Crippen LogP contribution in [0.4, 0.5) is 5.69 Å². The molecule has 0 radical (unpaired) electrons. The van der Waals surface area contributed by atoms with Gasteiger partial charge in [-0.05, 0) is 31.2 Å². The first-order valence-corrected chi connectivity index (χ1v) is 8.91. The molecule has 0 aliphatic heterocycles. The molecule has 146 valence electrons. The summed E-state index contributed by atoms with van der Waals surface area (Å²) in [6.45, 7) is 2.41. The summed E-state index contributed by atoms with van der Waals surface area (Å²) in [5.41, 5.74) is 1.18. The zero-order valence-corrected chi connectivity index (χ0v) is 19.8. The summed E-state index contributed by atoms with van der Waals surface area (Å²) in [5, 5.41) is 27.3. The minimum Gasteiger partial charge on any atom is -0.545 e. The number of amides is 1. The number of phenolic OH excluding ortho intramolecular Hbond substituents is 1. The van der Waals surface area contributed by atoms with Crippen molar-refractivity contribution in [2.75, 3.05) is 5.32 Å². The number of rotatable bonds is 7. The van der Waals surface area contributed by atoms with E-state index in [4.69, 9.17) is 16.1 Å². The van der Waals surface area contributed by atoms with E-state index in [9.17, 15) is 19.8 Å².